The molecule has 1 radical (unpaired) electrons. The van der Waals surface area contributed by atoms with Crippen LogP contribution >= 0.6 is 0 Å². The van der Waals surface area contributed by atoms with Crippen LogP contribution in [0, 0.1) is 13.8 Å². The predicted molar refractivity (Wildman–Crippen MR) is 38.4 cm³/mol. The van der Waals surface area contributed by atoms with E-state index in [1.807, 2.05) is 0 Å². The maximum atomic E-state index is 9.44. The summed E-state index contributed by atoms with van der Waals surface area (Å²) in [5, 5.41) is 0. The molecule has 0 aromatic heterocycles. The smallest absolute Gasteiger partial charge is 0.126 e. The minimum Gasteiger partial charge on any atom is -0.346 e. The first-order valence-corrected chi connectivity index (χ1v) is 2.62. The van der Waals surface area contributed by atoms with Crippen LogP contribution in [0.2, 0.25) is 0 Å². The zero-order valence-electron chi connectivity index (χ0n) is 6.62. The monoisotopic (exact) mass is 313 g/mol. The van der Waals surface area contributed by atoms with Gasteiger partial charge in [0.2, 0.25) is 0 Å². The van der Waals surface area contributed by atoms with Gasteiger partial charge < -0.3 is 18.6 Å². The Morgan fingerprint density at radius 2 is 1.00 bits per heavy atom. The molecule has 0 aliphatic heterocycles. The number of rotatable bonds is 0. The van der Waals surface area contributed by atoms with Crippen molar-refractivity contribution in [1.82, 2.24) is 0 Å². The molecule has 0 rings (SSSR count). The van der Waals surface area contributed by atoms with Crippen molar-refractivity contribution in [2.24, 2.45) is 0 Å². The first-order valence-electron chi connectivity index (χ1n) is 2.62. The Labute approximate surface area is 74.7 Å². The van der Waals surface area contributed by atoms with E-state index in [1.165, 1.54) is 13.8 Å². The second-order valence-electron chi connectivity index (χ2n) is 0.908. The quantitative estimate of drug-likeness (QED) is 0.495. The van der Waals surface area contributed by atoms with Gasteiger partial charge in [-0.15, -0.1) is 0 Å². The Hall–Kier alpha value is 0.410. The van der Waals surface area contributed by atoms with E-state index in [0.717, 1.165) is 0 Å². The summed E-state index contributed by atoms with van der Waals surface area (Å²) in [7, 11) is 0. The molecule has 0 aliphatic carbocycles. The molecule has 0 aromatic rings. The van der Waals surface area contributed by atoms with Crippen LogP contribution in [0.3, 0.4) is 0 Å². The van der Waals surface area contributed by atoms with E-state index < -0.39 is 0 Å². The van der Waals surface area contributed by atoms with Crippen molar-refractivity contribution in [3.05, 3.63) is 13.8 Å². The molecule has 0 atom stereocenters. The number of hydrogen-bond acceptors (Lipinski definition) is 1. The van der Waals surface area contributed by atoms with Crippen molar-refractivity contribution in [2.75, 3.05) is 0 Å². The third-order valence-electron chi connectivity index (χ3n) is 0. The maximum absolute atomic E-state index is 9.44. The molecule has 0 amide bonds. The van der Waals surface area contributed by atoms with Crippen molar-refractivity contribution in [3.8, 4) is 0 Å². The fourth-order valence-corrected chi connectivity index (χ4v) is 0. The third kappa shape index (κ3) is 2050. The molecule has 0 saturated carbocycles. The van der Waals surface area contributed by atoms with Gasteiger partial charge in [0.15, 0.2) is 0 Å². The summed E-state index contributed by atoms with van der Waals surface area (Å²) >= 11 is 0. The number of Topliss-reactive ketones (excluding diaryl/α,β-unsaturated/α-hetero) is 1. The minimum atomic E-state index is 0. The average molecular weight is 313 g/mol. The van der Waals surface area contributed by atoms with Crippen molar-refractivity contribution in [1.29, 1.82) is 0 Å². The summed E-state index contributed by atoms with van der Waals surface area (Å²) < 4.78 is 0. The largest absolute Gasteiger partial charge is 0.346 e. The van der Waals surface area contributed by atoms with Crippen molar-refractivity contribution >= 4 is 5.78 Å². The van der Waals surface area contributed by atoms with Gasteiger partial charge in [0.25, 0.3) is 0 Å². The van der Waals surface area contributed by atoms with Crippen LogP contribution in [0.5, 0.6) is 0 Å². The average Bonchev–Trinajstić information content (AvgIpc) is 1.75. The predicted octanol–water partition coefficient (Wildman–Crippen LogP) is 2.27. The fraction of sp³-hybridized carbons (Fsp3) is 0.571. The van der Waals surface area contributed by atoms with Gasteiger partial charge in [-0.2, -0.15) is 13.8 Å². The van der Waals surface area contributed by atoms with Crippen LogP contribution in [0.1, 0.15) is 27.7 Å². The zero-order chi connectivity index (χ0) is 7.58. The second-order valence-corrected chi connectivity index (χ2v) is 0.908. The minimum absolute atomic E-state index is 0. The molecule has 1 nitrogen and oxygen atoms in total. The molecule has 9 heavy (non-hydrogen) atoms. The second kappa shape index (κ2) is 39.7. The molecule has 0 saturated heterocycles. The van der Waals surface area contributed by atoms with Crippen LogP contribution < -0.4 is 0 Å². The van der Waals surface area contributed by atoms with Gasteiger partial charge in [0.1, 0.15) is 5.78 Å². The van der Waals surface area contributed by atoms with E-state index in [4.69, 9.17) is 0 Å². The Kier molecular flexibility index (Phi) is 100. The summed E-state index contributed by atoms with van der Waals surface area (Å²) in [5.41, 5.74) is 0. The number of carbonyl (C=O) groups is 1. The number of carbonyl (C=O) groups excluding carboxylic acids is 1. The van der Waals surface area contributed by atoms with E-state index in [0.29, 0.717) is 0 Å². The third-order valence-corrected chi connectivity index (χ3v) is 0. The zero-order valence-corrected chi connectivity index (χ0v) is 8.79. The molecule has 0 N–H and O–H groups in total. The molecule has 0 spiro atoms. The first-order chi connectivity index (χ1) is 3.73. The van der Waals surface area contributed by atoms with E-state index >= 15 is 0 Å². The normalized spacial score (nSPS) is 4.22. The first kappa shape index (κ1) is 22.7. The summed E-state index contributed by atoms with van der Waals surface area (Å²) in [5.74, 6) is 0.167. The molecule has 0 heterocycles. The van der Waals surface area contributed by atoms with Crippen LogP contribution in [0.15, 0.2) is 0 Å². The number of hydrogen-bond donors (Lipinski definition) is 0. The summed E-state index contributed by atoms with van der Waals surface area (Å²) in [4.78, 5) is 9.44. The molecule has 63 valence electrons. The molecule has 0 unspecified atom stereocenters. The molecule has 2 heteroatoms. The molecular formula is C7H16AuO-2. The van der Waals surface area contributed by atoms with Gasteiger partial charge in [-0.25, -0.2) is 0 Å². The van der Waals surface area contributed by atoms with E-state index in [2.05, 4.69) is 13.8 Å². The molecule has 0 aliphatic rings. The topological polar surface area (TPSA) is 17.1 Å². The van der Waals surface area contributed by atoms with Crippen molar-refractivity contribution in [3.63, 3.8) is 0 Å². The molecule has 0 aromatic carbocycles. The van der Waals surface area contributed by atoms with Crippen LogP contribution in [-0.2, 0) is 27.2 Å². The van der Waals surface area contributed by atoms with Gasteiger partial charge in [-0.1, -0.05) is 0 Å². The van der Waals surface area contributed by atoms with Crippen LogP contribution in [-0.4, -0.2) is 5.78 Å². The molecular weight excluding hydrogens is 297 g/mol. The van der Waals surface area contributed by atoms with Gasteiger partial charge in [0, 0.05) is 22.4 Å². The summed E-state index contributed by atoms with van der Waals surface area (Å²) in [6.07, 6.45) is 0. The molecule has 0 fully saturated rings. The maximum Gasteiger partial charge on any atom is 0.126 e. The van der Waals surface area contributed by atoms with Crippen LogP contribution in [0.4, 0.5) is 0 Å². The van der Waals surface area contributed by atoms with Gasteiger partial charge in [-0.3, -0.25) is 0 Å². The standard InChI is InChI=1S/C3H6O.2C2H5.Au/c1-3(2)4;2*1-2;/h1-2H3;2*1H2,2H3;/q;2*-1;. The fourth-order valence-electron chi connectivity index (χ4n) is 0. The number of ketones is 1. The Morgan fingerprint density at radius 3 is 1.00 bits per heavy atom. The van der Waals surface area contributed by atoms with E-state index in [1.54, 1.807) is 13.8 Å². The van der Waals surface area contributed by atoms with Crippen LogP contribution in [0.25, 0.3) is 0 Å². The Balaban J connectivity index is -0.0000000221. The van der Waals surface area contributed by atoms with Gasteiger partial charge >= 0.3 is 0 Å². The van der Waals surface area contributed by atoms with Crippen molar-refractivity contribution in [2.45, 2.75) is 27.7 Å². The SMILES string of the molecule is CC(C)=O.[Au].[CH2-]C.[CH2-]C. The Bertz CT molecular complexity index is 31.9. The summed E-state index contributed by atoms with van der Waals surface area (Å²) in [6, 6.07) is 0. The molecule has 0 bridgehead atoms. The van der Waals surface area contributed by atoms with Gasteiger partial charge in [0.05, 0.1) is 0 Å². The van der Waals surface area contributed by atoms with Crippen molar-refractivity contribution < 1.29 is 27.2 Å². The van der Waals surface area contributed by atoms with E-state index in [9.17, 15) is 4.79 Å². The van der Waals surface area contributed by atoms with E-state index in [-0.39, 0.29) is 28.2 Å². The summed E-state index contributed by atoms with van der Waals surface area (Å²) in [6.45, 7) is 13.1. The van der Waals surface area contributed by atoms with Gasteiger partial charge in [-0.05, 0) is 13.8 Å². The Morgan fingerprint density at radius 1 is 1.00 bits per heavy atom.